The second kappa shape index (κ2) is 17.4. The fourth-order valence-electron chi connectivity index (χ4n) is 3.84. The molecule has 0 saturated carbocycles. The van der Waals surface area contributed by atoms with Gasteiger partial charge in [0, 0.05) is 6.42 Å². The average Bonchev–Trinajstić information content (AvgIpc) is 2.59. The largest absolute Gasteiger partial charge is 1.00 e. The summed E-state index contributed by atoms with van der Waals surface area (Å²) in [5.41, 5.74) is 1.50. The monoisotopic (exact) mass is 446 g/mol. The molecule has 0 atom stereocenters. The second-order valence-corrected chi connectivity index (χ2v) is 10.2. The van der Waals surface area contributed by atoms with Gasteiger partial charge in [-0.05, 0) is 31.2 Å². The van der Waals surface area contributed by atoms with Gasteiger partial charge in [0.15, 0.2) is 0 Å². The van der Waals surface area contributed by atoms with Crippen molar-refractivity contribution in [1.29, 1.82) is 0 Å². The predicted octanol–water partition coefficient (Wildman–Crippen LogP) is -0.0793. The van der Waals surface area contributed by atoms with Gasteiger partial charge >= 0.3 is 0 Å². The van der Waals surface area contributed by atoms with Gasteiger partial charge in [-0.15, -0.1) is 0 Å². The van der Waals surface area contributed by atoms with Crippen LogP contribution in [0.15, 0.2) is 30.3 Å². The van der Waals surface area contributed by atoms with Gasteiger partial charge in [-0.25, -0.2) is 0 Å². The molecule has 0 bridgehead atoms. The smallest absolute Gasteiger partial charge is 0.0836 e. The van der Waals surface area contributed by atoms with Crippen molar-refractivity contribution in [3.05, 3.63) is 35.9 Å². The van der Waals surface area contributed by atoms with Crippen molar-refractivity contribution in [3.8, 4) is 0 Å². The zero-order chi connectivity index (χ0) is 20.0. The Bertz CT molecular complexity index is 469. The van der Waals surface area contributed by atoms with E-state index in [4.69, 9.17) is 0 Å². The van der Waals surface area contributed by atoms with Crippen LogP contribution < -0.4 is 24.8 Å². The number of halogens is 2. The van der Waals surface area contributed by atoms with Crippen LogP contribution in [0, 0.1) is 0 Å². The fraction of sp³-hybridized carbons (Fsp3) is 0.760. The van der Waals surface area contributed by atoms with Crippen molar-refractivity contribution in [1.82, 2.24) is 0 Å². The van der Waals surface area contributed by atoms with Gasteiger partial charge < -0.3 is 33.8 Å². The van der Waals surface area contributed by atoms with Crippen LogP contribution in [0.5, 0.6) is 0 Å². The molecule has 172 valence electrons. The van der Waals surface area contributed by atoms with Crippen LogP contribution in [0.2, 0.25) is 0 Å². The van der Waals surface area contributed by atoms with E-state index in [0.29, 0.717) is 0 Å². The van der Waals surface area contributed by atoms with E-state index in [2.05, 4.69) is 65.6 Å². The van der Waals surface area contributed by atoms with Gasteiger partial charge in [-0.1, -0.05) is 68.9 Å². The Kier molecular flexibility index (Phi) is 18.6. The van der Waals surface area contributed by atoms with Crippen LogP contribution in [-0.4, -0.2) is 63.8 Å². The van der Waals surface area contributed by atoms with E-state index >= 15 is 0 Å². The summed E-state index contributed by atoms with van der Waals surface area (Å²) < 4.78 is 2.29. The van der Waals surface area contributed by atoms with Crippen LogP contribution in [0.25, 0.3) is 0 Å². The summed E-state index contributed by atoms with van der Waals surface area (Å²) in [6, 6.07) is 10.9. The van der Waals surface area contributed by atoms with Crippen LogP contribution >= 0.6 is 0 Å². The number of hydrogen-bond donors (Lipinski definition) is 0. The fourth-order valence-corrected chi connectivity index (χ4v) is 3.84. The number of unbranched alkanes of at least 4 members (excludes halogenated alkanes) is 8. The lowest BCUT2D eigenvalue weighted by atomic mass is 10.0. The first-order valence-electron chi connectivity index (χ1n) is 11.4. The van der Waals surface area contributed by atoms with E-state index in [-0.39, 0.29) is 24.8 Å². The molecular formula is C25H48Cl2N2. The summed E-state index contributed by atoms with van der Waals surface area (Å²) in [7, 11) is 11.7. The number of nitrogens with zero attached hydrogens (tertiary/aromatic N) is 2. The lowest BCUT2D eigenvalue weighted by Gasteiger charge is -2.31. The van der Waals surface area contributed by atoms with Gasteiger partial charge in [-0.3, -0.25) is 0 Å². The number of benzene rings is 1. The minimum atomic E-state index is 0. The Hall–Kier alpha value is -0.280. The first-order valence-corrected chi connectivity index (χ1v) is 11.4. The summed E-state index contributed by atoms with van der Waals surface area (Å²) in [5, 5.41) is 0. The summed E-state index contributed by atoms with van der Waals surface area (Å²) in [5.74, 6) is 0. The first-order chi connectivity index (χ1) is 12.8. The third-order valence-corrected chi connectivity index (χ3v) is 5.66. The van der Waals surface area contributed by atoms with Gasteiger partial charge in [0.05, 0.1) is 54.9 Å². The molecule has 29 heavy (non-hydrogen) atoms. The minimum Gasteiger partial charge on any atom is -1.00 e. The third kappa shape index (κ3) is 19.4. The highest BCUT2D eigenvalue weighted by Gasteiger charge is 2.16. The Morgan fingerprint density at radius 2 is 0.966 bits per heavy atom. The van der Waals surface area contributed by atoms with Crippen molar-refractivity contribution < 1.29 is 33.8 Å². The molecule has 2 nitrogen and oxygen atoms in total. The maximum atomic E-state index is 2.41. The highest BCUT2D eigenvalue weighted by molar-refractivity contribution is 5.14. The molecule has 0 heterocycles. The van der Waals surface area contributed by atoms with Crippen LogP contribution in [0.3, 0.4) is 0 Å². The van der Waals surface area contributed by atoms with Gasteiger partial charge in [0.1, 0.15) is 0 Å². The Labute approximate surface area is 195 Å². The van der Waals surface area contributed by atoms with Gasteiger partial charge in [-0.2, -0.15) is 0 Å². The maximum absolute atomic E-state index is 2.41. The van der Waals surface area contributed by atoms with E-state index in [1.165, 1.54) is 100 Å². The molecule has 0 radical (unpaired) electrons. The summed E-state index contributed by atoms with van der Waals surface area (Å²) in [6.07, 6.45) is 15.3. The Morgan fingerprint density at radius 1 is 0.517 bits per heavy atom. The number of quaternary nitrogens is 2. The third-order valence-electron chi connectivity index (χ3n) is 5.66. The van der Waals surface area contributed by atoms with Crippen LogP contribution in [0.4, 0.5) is 0 Å². The molecule has 0 N–H and O–H groups in total. The number of aryl methyl sites for hydroxylation is 1. The lowest BCUT2D eigenvalue weighted by Crippen LogP contribution is -3.00. The van der Waals surface area contributed by atoms with E-state index in [1.54, 1.807) is 0 Å². The van der Waals surface area contributed by atoms with E-state index in [1.807, 2.05) is 0 Å². The minimum absolute atomic E-state index is 0. The molecule has 0 aliphatic carbocycles. The molecule has 1 aromatic carbocycles. The zero-order valence-corrected chi connectivity index (χ0v) is 21.4. The predicted molar refractivity (Wildman–Crippen MR) is 121 cm³/mol. The highest BCUT2D eigenvalue weighted by atomic mass is 35.5. The Balaban J connectivity index is 0. The topological polar surface area (TPSA) is 0 Å². The second-order valence-electron chi connectivity index (χ2n) is 10.2. The van der Waals surface area contributed by atoms with Gasteiger partial charge in [0.2, 0.25) is 0 Å². The van der Waals surface area contributed by atoms with E-state index in [9.17, 15) is 0 Å². The normalized spacial score (nSPS) is 11.6. The van der Waals surface area contributed by atoms with Crippen molar-refractivity contribution in [3.63, 3.8) is 0 Å². The van der Waals surface area contributed by atoms with Crippen LogP contribution in [-0.2, 0) is 6.42 Å². The van der Waals surface area contributed by atoms with Crippen molar-refractivity contribution in [2.24, 2.45) is 0 Å². The number of rotatable bonds is 16. The molecule has 0 aliphatic heterocycles. The van der Waals surface area contributed by atoms with Crippen molar-refractivity contribution in [2.45, 2.75) is 70.6 Å². The summed E-state index contributed by atoms with van der Waals surface area (Å²) in [6.45, 7) is 3.95. The molecule has 0 saturated heterocycles. The van der Waals surface area contributed by atoms with E-state index < -0.39 is 0 Å². The molecule has 0 unspecified atom stereocenters. The molecule has 0 spiro atoms. The molecule has 0 amide bonds. The summed E-state index contributed by atoms with van der Waals surface area (Å²) >= 11 is 0. The maximum Gasteiger partial charge on any atom is 0.0836 e. The lowest BCUT2D eigenvalue weighted by molar-refractivity contribution is -0.902. The standard InChI is InChI=1S/C25H48N2.2ClH/c1-26(2,3)22-18-24-27(4,5)23-17-12-10-8-6-7-9-11-14-19-25-20-15-13-16-21-25;;/h13,15-16,20-21H,6-12,14,17-19,22-24H2,1-5H3;2*1H/q+2;;/p-2. The van der Waals surface area contributed by atoms with Crippen LogP contribution in [0.1, 0.15) is 69.8 Å². The van der Waals surface area contributed by atoms with E-state index in [0.717, 1.165) is 4.48 Å². The van der Waals surface area contributed by atoms with Crippen molar-refractivity contribution in [2.75, 3.05) is 54.9 Å². The first kappa shape index (κ1) is 30.9. The molecule has 0 fully saturated rings. The molecule has 0 aliphatic rings. The molecule has 1 rings (SSSR count). The van der Waals surface area contributed by atoms with Gasteiger partial charge in [0.25, 0.3) is 0 Å². The molecule has 1 aromatic rings. The SMILES string of the molecule is C[N+](C)(C)CCC[N+](C)(C)CCCCCCCCCCCc1ccccc1.[Cl-].[Cl-]. The van der Waals surface area contributed by atoms with Crippen molar-refractivity contribution >= 4 is 0 Å². The highest BCUT2D eigenvalue weighted by Crippen LogP contribution is 2.13. The quantitative estimate of drug-likeness (QED) is 0.246. The zero-order valence-electron chi connectivity index (χ0n) is 19.9. The average molecular weight is 448 g/mol. The summed E-state index contributed by atoms with van der Waals surface area (Å²) in [4.78, 5) is 0. The molecule has 4 heteroatoms. The number of hydrogen-bond acceptors (Lipinski definition) is 0. The molecule has 0 aromatic heterocycles. The molecular weight excluding hydrogens is 399 g/mol. The Morgan fingerprint density at radius 3 is 1.48 bits per heavy atom.